The highest BCUT2D eigenvalue weighted by Crippen LogP contribution is 2.08. The van der Waals surface area contributed by atoms with Crippen molar-refractivity contribution in [1.82, 2.24) is 0 Å². The van der Waals surface area contributed by atoms with Crippen LogP contribution in [0.4, 0.5) is 0 Å². The Morgan fingerprint density at radius 3 is 2.73 bits per heavy atom. The van der Waals surface area contributed by atoms with Gasteiger partial charge in [0.2, 0.25) is 0 Å². The Bertz CT molecular complexity index is 149. The van der Waals surface area contributed by atoms with Crippen molar-refractivity contribution < 1.29 is 23.4 Å². The van der Waals surface area contributed by atoms with Gasteiger partial charge in [0.25, 0.3) is 6.48 Å². The number of hydrogen-bond donors (Lipinski definition) is 0. The highest BCUT2D eigenvalue weighted by molar-refractivity contribution is 6.27. The van der Waals surface area contributed by atoms with Crippen LogP contribution >= 0.6 is 0 Å². The Labute approximate surface area is 92.9 Å². The smallest absolute Gasteiger partial charge is 0.261 e. The fraction of sp³-hybridized carbons (Fsp3) is 1.00. The van der Waals surface area contributed by atoms with Gasteiger partial charge in [0.05, 0.1) is 13.2 Å². The third-order valence-electron chi connectivity index (χ3n) is 2.03. The van der Waals surface area contributed by atoms with Crippen molar-refractivity contribution >= 4 is 9.76 Å². The van der Waals surface area contributed by atoms with Gasteiger partial charge in [-0.2, -0.15) is 0 Å². The quantitative estimate of drug-likeness (QED) is 0.229. The maximum atomic E-state index is 5.40. The molecule has 15 heavy (non-hydrogen) atoms. The summed E-state index contributed by atoms with van der Waals surface area (Å²) in [5, 5.41) is 0. The molecule has 1 aliphatic rings. The van der Waals surface area contributed by atoms with Crippen molar-refractivity contribution in [3.63, 3.8) is 0 Å². The molecule has 0 aliphatic carbocycles. The van der Waals surface area contributed by atoms with Gasteiger partial charge in [-0.1, -0.05) is 0 Å². The van der Waals surface area contributed by atoms with Gasteiger partial charge in [-0.25, -0.2) is 0 Å². The summed E-state index contributed by atoms with van der Waals surface area (Å²) in [6.45, 7) is 1.90. The number of rotatable bonds is 10. The topological polar surface area (TPSA) is 49.5 Å². The number of hydrogen-bond acceptors (Lipinski definition) is 5. The summed E-state index contributed by atoms with van der Waals surface area (Å²) < 4.78 is 25.6. The lowest BCUT2D eigenvalue weighted by Gasteiger charge is -2.13. The predicted molar refractivity (Wildman–Crippen MR) is 57.4 cm³/mol. The molecule has 0 aromatic carbocycles. The van der Waals surface area contributed by atoms with Gasteiger partial charge >= 0.3 is 0 Å². The highest BCUT2D eigenvalue weighted by atomic mass is 28.2. The molecule has 0 aromatic heterocycles. The molecule has 6 heteroatoms. The largest absolute Gasteiger partial charge is 0.379 e. The molecule has 1 atom stereocenters. The summed E-state index contributed by atoms with van der Waals surface area (Å²) in [6, 6.07) is 1.08. The van der Waals surface area contributed by atoms with E-state index in [4.69, 9.17) is 23.4 Å². The fourth-order valence-electron chi connectivity index (χ4n) is 1.10. The number of methoxy groups -OCH3 is 2. The van der Waals surface area contributed by atoms with E-state index in [1.165, 1.54) is 0 Å². The molecule has 1 fully saturated rings. The average Bonchev–Trinajstić information content (AvgIpc) is 3.06. The lowest BCUT2D eigenvalue weighted by atomic mass is 10.5. The normalized spacial score (nSPS) is 20.6. The van der Waals surface area contributed by atoms with Crippen LogP contribution in [0.15, 0.2) is 0 Å². The Balaban J connectivity index is 1.75. The first-order valence-electron chi connectivity index (χ1n) is 5.23. The Kier molecular flexibility index (Phi) is 7.15. The van der Waals surface area contributed by atoms with Crippen LogP contribution in [0, 0.1) is 0 Å². The van der Waals surface area contributed by atoms with Gasteiger partial charge in [0.15, 0.2) is 9.76 Å². The first-order valence-corrected chi connectivity index (χ1v) is 6.81. The van der Waals surface area contributed by atoms with Crippen LogP contribution in [0.25, 0.3) is 0 Å². The van der Waals surface area contributed by atoms with Crippen LogP contribution in [0.2, 0.25) is 6.04 Å². The maximum absolute atomic E-state index is 5.40. The Morgan fingerprint density at radius 2 is 2.13 bits per heavy atom. The van der Waals surface area contributed by atoms with Crippen molar-refractivity contribution in [2.75, 3.05) is 34.0 Å². The molecular weight excluding hydrogens is 216 g/mol. The van der Waals surface area contributed by atoms with Crippen molar-refractivity contribution in [3.05, 3.63) is 0 Å². The van der Waals surface area contributed by atoms with E-state index in [2.05, 4.69) is 0 Å². The Morgan fingerprint density at radius 1 is 1.40 bits per heavy atom. The summed E-state index contributed by atoms with van der Waals surface area (Å²) in [5.41, 5.74) is 0. The summed E-state index contributed by atoms with van der Waals surface area (Å²) in [5.74, 6) is 0. The SMILES string of the molecule is COC(OC)O[SiH2]CCCOCC1CO1. The summed E-state index contributed by atoms with van der Waals surface area (Å²) in [6.07, 6.45) is 1.41. The lowest BCUT2D eigenvalue weighted by molar-refractivity contribution is -0.219. The molecule has 1 saturated heterocycles. The molecule has 0 radical (unpaired) electrons. The van der Waals surface area contributed by atoms with E-state index in [1.54, 1.807) is 14.2 Å². The molecule has 5 nitrogen and oxygen atoms in total. The predicted octanol–water partition coefficient (Wildman–Crippen LogP) is -0.113. The van der Waals surface area contributed by atoms with Crippen molar-refractivity contribution in [1.29, 1.82) is 0 Å². The molecule has 0 bridgehead atoms. The second kappa shape index (κ2) is 8.20. The molecular formula is C9H20O5Si. The van der Waals surface area contributed by atoms with E-state index >= 15 is 0 Å². The van der Waals surface area contributed by atoms with Gasteiger partial charge < -0.3 is 23.4 Å². The molecule has 0 N–H and O–H groups in total. The zero-order valence-electron chi connectivity index (χ0n) is 9.44. The number of ether oxygens (including phenoxy) is 4. The van der Waals surface area contributed by atoms with E-state index in [1.807, 2.05) is 0 Å². The van der Waals surface area contributed by atoms with Crippen molar-refractivity contribution in [2.45, 2.75) is 25.0 Å². The highest BCUT2D eigenvalue weighted by Gasteiger charge is 2.21. The second-order valence-corrected chi connectivity index (χ2v) is 4.82. The van der Waals surface area contributed by atoms with Gasteiger partial charge in [-0.05, 0) is 12.5 Å². The van der Waals surface area contributed by atoms with Crippen LogP contribution in [0.3, 0.4) is 0 Å². The van der Waals surface area contributed by atoms with Gasteiger partial charge in [0, 0.05) is 20.8 Å². The molecule has 1 rings (SSSR count). The van der Waals surface area contributed by atoms with Gasteiger partial charge in [-0.15, -0.1) is 0 Å². The van der Waals surface area contributed by atoms with Crippen LogP contribution in [0.5, 0.6) is 0 Å². The molecule has 0 spiro atoms. The van der Waals surface area contributed by atoms with Gasteiger partial charge in [0.1, 0.15) is 6.10 Å². The first-order chi connectivity index (χ1) is 7.36. The fourth-order valence-corrected chi connectivity index (χ4v) is 2.14. The van der Waals surface area contributed by atoms with E-state index in [9.17, 15) is 0 Å². The zero-order chi connectivity index (χ0) is 10.9. The summed E-state index contributed by atoms with van der Waals surface area (Å²) in [7, 11) is 2.59. The van der Waals surface area contributed by atoms with E-state index < -0.39 is 16.2 Å². The molecule has 1 unspecified atom stereocenters. The molecule has 0 saturated carbocycles. The van der Waals surface area contributed by atoms with Gasteiger partial charge in [-0.3, -0.25) is 0 Å². The Hall–Kier alpha value is 0.0169. The first kappa shape index (κ1) is 13.1. The van der Waals surface area contributed by atoms with Crippen LogP contribution in [0.1, 0.15) is 6.42 Å². The van der Waals surface area contributed by atoms with Crippen LogP contribution in [-0.2, 0) is 23.4 Å². The van der Waals surface area contributed by atoms with Crippen LogP contribution in [-0.4, -0.2) is 56.4 Å². The number of epoxide rings is 1. The molecule has 90 valence electrons. The lowest BCUT2D eigenvalue weighted by Crippen LogP contribution is -2.19. The summed E-state index contributed by atoms with van der Waals surface area (Å²) in [4.78, 5) is 0. The zero-order valence-corrected chi connectivity index (χ0v) is 10.9. The van der Waals surface area contributed by atoms with E-state index in [0.717, 1.165) is 32.3 Å². The second-order valence-electron chi connectivity index (χ2n) is 3.37. The monoisotopic (exact) mass is 236 g/mol. The summed E-state index contributed by atoms with van der Waals surface area (Å²) >= 11 is 0. The molecule has 1 aliphatic heterocycles. The third-order valence-corrected chi connectivity index (χ3v) is 3.32. The third kappa shape index (κ3) is 6.99. The molecule has 0 aromatic rings. The maximum Gasteiger partial charge on any atom is 0.261 e. The van der Waals surface area contributed by atoms with Crippen molar-refractivity contribution in [2.24, 2.45) is 0 Å². The van der Waals surface area contributed by atoms with Crippen molar-refractivity contribution in [3.8, 4) is 0 Å². The van der Waals surface area contributed by atoms with Crippen LogP contribution < -0.4 is 0 Å². The van der Waals surface area contributed by atoms with E-state index in [0.29, 0.717) is 6.10 Å². The minimum absolute atomic E-state index is 0.366. The minimum atomic E-state index is -0.551. The standard InChI is InChI=1S/C9H20O5Si/c1-10-9(11-2)14-15-5-3-4-12-6-8-7-13-8/h8-9H,3-7,15H2,1-2H3. The molecule has 0 amide bonds. The van der Waals surface area contributed by atoms with E-state index in [-0.39, 0.29) is 0 Å². The average molecular weight is 236 g/mol. The molecule has 1 heterocycles. The minimum Gasteiger partial charge on any atom is -0.379 e.